The summed E-state index contributed by atoms with van der Waals surface area (Å²) in [6.45, 7) is -0.222. The van der Waals surface area contributed by atoms with Crippen LogP contribution in [-0.2, 0) is 19.4 Å². The molecule has 0 aromatic heterocycles. The van der Waals surface area contributed by atoms with Crippen LogP contribution in [0.25, 0.3) is 0 Å². The highest BCUT2D eigenvalue weighted by atomic mass is 32.2. The molecule has 1 saturated carbocycles. The molecule has 1 aliphatic carbocycles. The van der Waals surface area contributed by atoms with E-state index in [0.717, 1.165) is 25.7 Å². The van der Waals surface area contributed by atoms with E-state index in [2.05, 4.69) is 5.32 Å². The number of amides is 2. The lowest BCUT2D eigenvalue weighted by atomic mass is 10.1. The predicted molar refractivity (Wildman–Crippen MR) is 123 cm³/mol. The number of nitrogens with zero attached hydrogens (tertiary/aromatic N) is 1. The van der Waals surface area contributed by atoms with E-state index >= 15 is 0 Å². The summed E-state index contributed by atoms with van der Waals surface area (Å²) in [7, 11) is -0.971. The van der Waals surface area contributed by atoms with Crippen molar-refractivity contribution in [1.82, 2.24) is 5.32 Å². The van der Waals surface area contributed by atoms with Crippen molar-refractivity contribution < 1.29 is 27.5 Å². The molecule has 1 unspecified atom stereocenters. The van der Waals surface area contributed by atoms with Gasteiger partial charge in [-0.15, -0.1) is 0 Å². The second-order valence-electron chi connectivity index (χ2n) is 8.35. The highest BCUT2D eigenvalue weighted by Gasteiger charge is 2.40. The first kappa shape index (κ1) is 23.1. The molecule has 0 radical (unpaired) electrons. The van der Waals surface area contributed by atoms with Gasteiger partial charge in [0.2, 0.25) is 11.8 Å². The molecule has 2 aromatic rings. The summed E-state index contributed by atoms with van der Waals surface area (Å²) in [5.41, 5.74) is 0.653. The number of anilines is 1. The van der Waals surface area contributed by atoms with Gasteiger partial charge < -0.3 is 19.7 Å². The molecule has 8 nitrogen and oxygen atoms in total. The number of hydrogen-bond donors (Lipinski definition) is 1. The van der Waals surface area contributed by atoms with Crippen molar-refractivity contribution in [3.63, 3.8) is 0 Å². The van der Waals surface area contributed by atoms with Crippen LogP contribution in [0.4, 0.5) is 5.69 Å². The lowest BCUT2D eigenvalue weighted by molar-refractivity contribution is -0.124. The van der Waals surface area contributed by atoms with Crippen LogP contribution in [0, 0.1) is 0 Å². The number of nitrogens with one attached hydrogen (secondary N) is 1. The van der Waals surface area contributed by atoms with E-state index in [1.54, 1.807) is 36.4 Å². The molecule has 1 atom stereocenters. The molecule has 1 fully saturated rings. The van der Waals surface area contributed by atoms with Gasteiger partial charge >= 0.3 is 0 Å². The molecule has 33 heavy (non-hydrogen) atoms. The van der Waals surface area contributed by atoms with Gasteiger partial charge in [-0.3, -0.25) is 9.59 Å². The summed E-state index contributed by atoms with van der Waals surface area (Å²) in [5, 5.41) is 1.86. The first-order chi connectivity index (χ1) is 15.8. The van der Waals surface area contributed by atoms with Crippen LogP contribution < -0.4 is 19.7 Å². The van der Waals surface area contributed by atoms with Gasteiger partial charge in [0.1, 0.15) is 6.54 Å². The van der Waals surface area contributed by atoms with E-state index in [9.17, 15) is 18.0 Å². The maximum absolute atomic E-state index is 13.7. The molecule has 2 aliphatic rings. The van der Waals surface area contributed by atoms with E-state index in [1.165, 1.54) is 25.2 Å². The highest BCUT2D eigenvalue weighted by molar-refractivity contribution is 7.92. The number of para-hydroxylation sites is 1. The molecule has 0 spiro atoms. The first-order valence-electron chi connectivity index (χ1n) is 11.0. The minimum absolute atomic E-state index is 0.0318. The third-order valence-corrected chi connectivity index (χ3v) is 8.45. The van der Waals surface area contributed by atoms with E-state index in [4.69, 9.17) is 9.47 Å². The number of benzene rings is 2. The van der Waals surface area contributed by atoms with Gasteiger partial charge in [-0.05, 0) is 42.7 Å². The summed E-state index contributed by atoms with van der Waals surface area (Å²) in [6.07, 6.45) is 3.70. The Bertz CT molecular complexity index is 1160. The monoisotopic (exact) mass is 472 g/mol. The SMILES string of the molecule is COc1ccc(C2CC(=O)N(CC(=O)NC3CCCC3)c3ccccc3S2(=O)=O)cc1OC. The Morgan fingerprint density at radius 2 is 1.76 bits per heavy atom. The summed E-state index contributed by atoms with van der Waals surface area (Å²) in [5.74, 6) is 0.129. The molecule has 176 valence electrons. The van der Waals surface area contributed by atoms with Crippen molar-refractivity contribution in [3.8, 4) is 11.5 Å². The Morgan fingerprint density at radius 1 is 1.06 bits per heavy atom. The minimum atomic E-state index is -3.93. The fraction of sp³-hybridized carbons (Fsp3) is 0.417. The van der Waals surface area contributed by atoms with Crippen LogP contribution in [0.3, 0.4) is 0 Å². The zero-order valence-corrected chi connectivity index (χ0v) is 19.6. The van der Waals surface area contributed by atoms with Crippen LogP contribution in [0.15, 0.2) is 47.4 Å². The number of rotatable bonds is 6. The van der Waals surface area contributed by atoms with Crippen molar-refractivity contribution in [2.24, 2.45) is 0 Å². The quantitative estimate of drug-likeness (QED) is 0.694. The third-order valence-electron chi connectivity index (χ3n) is 6.30. The number of hydrogen-bond acceptors (Lipinski definition) is 6. The van der Waals surface area contributed by atoms with Crippen molar-refractivity contribution in [2.45, 2.75) is 48.3 Å². The van der Waals surface area contributed by atoms with Crippen molar-refractivity contribution in [3.05, 3.63) is 48.0 Å². The first-order valence-corrected chi connectivity index (χ1v) is 12.5. The summed E-state index contributed by atoms with van der Waals surface area (Å²) in [4.78, 5) is 27.4. The Kier molecular flexibility index (Phi) is 6.60. The fourth-order valence-electron chi connectivity index (χ4n) is 4.60. The molecule has 1 heterocycles. The van der Waals surface area contributed by atoms with Crippen LogP contribution in [0.2, 0.25) is 0 Å². The van der Waals surface area contributed by atoms with Crippen LogP contribution in [0.1, 0.15) is 42.9 Å². The molecule has 0 bridgehead atoms. The van der Waals surface area contributed by atoms with Crippen LogP contribution in [-0.4, -0.2) is 47.0 Å². The van der Waals surface area contributed by atoms with E-state index < -0.39 is 21.0 Å². The zero-order valence-electron chi connectivity index (χ0n) is 18.7. The average molecular weight is 473 g/mol. The van der Waals surface area contributed by atoms with E-state index in [-0.39, 0.29) is 35.5 Å². The lowest BCUT2D eigenvalue weighted by Gasteiger charge is -2.23. The lowest BCUT2D eigenvalue weighted by Crippen LogP contribution is -2.43. The maximum Gasteiger partial charge on any atom is 0.240 e. The molecule has 4 rings (SSSR count). The van der Waals surface area contributed by atoms with Gasteiger partial charge in [0.05, 0.1) is 30.1 Å². The predicted octanol–water partition coefficient (Wildman–Crippen LogP) is 3.01. The van der Waals surface area contributed by atoms with E-state index in [1.807, 2.05) is 0 Å². The highest BCUT2D eigenvalue weighted by Crippen LogP contribution is 2.42. The summed E-state index contributed by atoms with van der Waals surface area (Å²) >= 11 is 0. The second-order valence-corrected chi connectivity index (χ2v) is 10.4. The number of sulfone groups is 1. The summed E-state index contributed by atoms with van der Waals surface area (Å²) in [6, 6.07) is 11.3. The van der Waals surface area contributed by atoms with Crippen LogP contribution in [0.5, 0.6) is 11.5 Å². The molecular weight excluding hydrogens is 444 g/mol. The van der Waals surface area contributed by atoms with Gasteiger partial charge in [0, 0.05) is 12.5 Å². The maximum atomic E-state index is 13.7. The topological polar surface area (TPSA) is 102 Å². The van der Waals surface area contributed by atoms with Gasteiger partial charge in [0.15, 0.2) is 21.3 Å². The largest absolute Gasteiger partial charge is 0.493 e. The molecule has 1 N–H and O–H groups in total. The Labute approximate surface area is 193 Å². The van der Waals surface area contributed by atoms with Crippen LogP contribution >= 0.6 is 0 Å². The fourth-order valence-corrected chi connectivity index (χ4v) is 6.51. The van der Waals surface area contributed by atoms with Gasteiger partial charge in [-0.25, -0.2) is 8.42 Å². The molecule has 2 amide bonds. The molecule has 2 aromatic carbocycles. The average Bonchev–Trinajstić information content (AvgIpc) is 3.30. The van der Waals surface area contributed by atoms with Crippen molar-refractivity contribution >= 4 is 27.3 Å². The van der Waals surface area contributed by atoms with Crippen molar-refractivity contribution in [2.75, 3.05) is 25.7 Å². The number of methoxy groups -OCH3 is 2. The summed E-state index contributed by atoms with van der Waals surface area (Å²) < 4.78 is 38.0. The van der Waals surface area contributed by atoms with Gasteiger partial charge in [-0.1, -0.05) is 31.0 Å². The third kappa shape index (κ3) is 4.55. The standard InChI is InChI=1S/C24H28N2O6S/c1-31-19-12-11-16(13-20(19)32-2)22-14-24(28)26(15-23(27)25-17-7-3-4-8-17)18-9-5-6-10-21(18)33(22,29)30/h5-6,9-13,17,22H,3-4,7-8,14-15H2,1-2H3,(H,25,27). The molecule has 9 heteroatoms. The Balaban J connectivity index is 1.71. The number of carbonyl (C=O) groups excluding carboxylic acids is 2. The number of carbonyl (C=O) groups is 2. The molecule has 0 saturated heterocycles. The molecule has 1 aliphatic heterocycles. The van der Waals surface area contributed by atoms with Gasteiger partial charge in [-0.2, -0.15) is 0 Å². The smallest absolute Gasteiger partial charge is 0.240 e. The van der Waals surface area contributed by atoms with Crippen molar-refractivity contribution in [1.29, 1.82) is 0 Å². The normalized spacial score (nSPS) is 20.1. The van der Waals surface area contributed by atoms with Gasteiger partial charge in [0.25, 0.3) is 0 Å². The number of fused-ring (bicyclic) bond motifs is 1. The number of ether oxygens (including phenoxy) is 2. The molecular formula is C24H28N2O6S. The van der Waals surface area contributed by atoms with E-state index in [0.29, 0.717) is 17.1 Å². The second kappa shape index (κ2) is 9.43. The Morgan fingerprint density at radius 3 is 2.45 bits per heavy atom. The zero-order chi connectivity index (χ0) is 23.6. The minimum Gasteiger partial charge on any atom is -0.493 e. The Hall–Kier alpha value is -3.07.